The number of benzene rings is 3. The molecule has 71 heavy (non-hydrogen) atoms. The molecule has 0 radical (unpaired) electrons. The van der Waals surface area contributed by atoms with Crippen LogP contribution in [0.3, 0.4) is 0 Å². The lowest BCUT2D eigenvalue weighted by atomic mass is 9.77. The minimum Gasteiger partial charge on any atom is -0.377 e. The number of thioether (sulfide) groups is 1. The molecule has 1 fully saturated rings. The SMILES string of the molecule is C[C@@H](Nc1ccc(C#N)n(C)c1=O)c1cc2cc(Cl)c(C3CC(OCCOCCOCCOCCOCCN(C)C(=O)N4N=C(c5cc(F)ccc5F)SC4(CCCN)c4ccccc4)C3)cc2[nH]c1=O. The molecule has 0 bridgehead atoms. The maximum Gasteiger partial charge on any atom is 0.341 e. The van der Waals surface area contributed by atoms with Crippen molar-refractivity contribution >= 4 is 51.0 Å². The minimum absolute atomic E-state index is 0.0188. The third-order valence-electron chi connectivity index (χ3n) is 12.5. The number of hydrogen-bond donors (Lipinski definition) is 3. The van der Waals surface area contributed by atoms with Crippen LogP contribution in [0.5, 0.6) is 0 Å². The number of aromatic nitrogens is 2. The van der Waals surface area contributed by atoms with Crippen LogP contribution in [-0.2, 0) is 35.6 Å². The lowest BCUT2D eigenvalue weighted by molar-refractivity contribution is -0.0474. The summed E-state index contributed by atoms with van der Waals surface area (Å²) in [5.74, 6) is -1.05. The Balaban J connectivity index is 0.742. The fraction of sp³-hybridized carbons (Fsp3) is 0.431. The first kappa shape index (κ1) is 53.1. The van der Waals surface area contributed by atoms with E-state index in [0.717, 1.165) is 47.6 Å². The van der Waals surface area contributed by atoms with Crippen LogP contribution in [0.4, 0.5) is 19.3 Å². The number of halogens is 3. The number of amides is 2. The number of pyridine rings is 2. The molecule has 0 spiro atoms. The van der Waals surface area contributed by atoms with Crippen molar-refractivity contribution in [2.75, 3.05) is 84.9 Å². The Labute approximate surface area is 420 Å². The molecule has 1 aliphatic heterocycles. The summed E-state index contributed by atoms with van der Waals surface area (Å²) in [6, 6.07) is 22.3. The van der Waals surface area contributed by atoms with Gasteiger partial charge in [0.25, 0.3) is 11.1 Å². The van der Waals surface area contributed by atoms with E-state index < -0.39 is 28.6 Å². The first-order valence-electron chi connectivity index (χ1n) is 23.5. The first-order valence-corrected chi connectivity index (χ1v) is 24.7. The Morgan fingerprint density at radius 2 is 1.65 bits per heavy atom. The standard InChI is InChI=1S/C51H59ClF2N8O8S/c1-33(57-45-13-11-38(32-56)61(3)49(45)64)40-28-35-29-43(52)41(31-46(35)58-47(40)63)34-26-39(27-34)70-25-24-69-23-22-68-21-20-67-19-18-66-17-16-60(2)50(65)62-51(14-7-15-55,36-8-5-4-6-9-36)71-48(59-62)42-30-37(53)10-12-44(42)54/h4-6,8-13,28-31,33-34,39,57H,7,14-27,55H2,1-3H3,(H,58,63)/t33-,34?,39?,51?/m1/s1. The maximum atomic E-state index is 15.0. The fourth-order valence-corrected chi connectivity index (χ4v) is 10.1. The summed E-state index contributed by atoms with van der Waals surface area (Å²) in [5, 5.41) is 19.8. The second-order valence-electron chi connectivity index (χ2n) is 17.3. The monoisotopic (exact) mass is 1020 g/mol. The van der Waals surface area contributed by atoms with Crippen molar-refractivity contribution in [1.82, 2.24) is 19.5 Å². The Morgan fingerprint density at radius 3 is 2.32 bits per heavy atom. The topological polar surface area (TPSA) is 199 Å². The summed E-state index contributed by atoms with van der Waals surface area (Å²) in [7, 11) is 3.17. The van der Waals surface area contributed by atoms with Gasteiger partial charge in [0, 0.05) is 47.7 Å². The fourth-order valence-electron chi connectivity index (χ4n) is 8.40. The van der Waals surface area contributed by atoms with Crippen LogP contribution < -0.4 is 22.2 Å². The predicted molar refractivity (Wildman–Crippen MR) is 270 cm³/mol. The highest BCUT2D eigenvalue weighted by molar-refractivity contribution is 8.15. The van der Waals surface area contributed by atoms with Crippen molar-refractivity contribution in [2.45, 2.75) is 55.5 Å². The Kier molecular flexibility index (Phi) is 18.8. The predicted octanol–water partition coefficient (Wildman–Crippen LogP) is 7.59. The van der Waals surface area contributed by atoms with Gasteiger partial charge in [-0.3, -0.25) is 9.59 Å². The molecular formula is C51H59ClF2N8O8S. The highest BCUT2D eigenvalue weighted by Gasteiger charge is 2.49. The molecule has 5 aromatic rings. The summed E-state index contributed by atoms with van der Waals surface area (Å²) < 4.78 is 59.2. The zero-order chi connectivity index (χ0) is 50.5. The van der Waals surface area contributed by atoms with Gasteiger partial charge < -0.3 is 49.2 Å². The number of carbonyl (C=O) groups excluding carboxylic acids is 1. The van der Waals surface area contributed by atoms with Gasteiger partial charge in [-0.2, -0.15) is 15.4 Å². The van der Waals surface area contributed by atoms with Gasteiger partial charge in [0.15, 0.2) is 0 Å². The summed E-state index contributed by atoms with van der Waals surface area (Å²) in [6.45, 7) is 5.72. The van der Waals surface area contributed by atoms with E-state index in [1.165, 1.54) is 33.3 Å². The molecule has 1 aliphatic carbocycles. The molecule has 2 aromatic heterocycles. The summed E-state index contributed by atoms with van der Waals surface area (Å²) in [4.78, 5) is 43.3. The average Bonchev–Trinajstić information content (AvgIpc) is 3.75. The van der Waals surface area contributed by atoms with E-state index in [4.69, 9.17) is 41.0 Å². The van der Waals surface area contributed by atoms with Gasteiger partial charge in [0.05, 0.1) is 71.6 Å². The molecule has 1 unspecified atom stereocenters. The number of likely N-dealkylation sites (N-methyl/N-ethyl adjacent to an activating group) is 1. The molecule has 378 valence electrons. The zero-order valence-corrected chi connectivity index (χ0v) is 41.5. The van der Waals surface area contributed by atoms with Gasteiger partial charge in [0.1, 0.15) is 39.0 Å². The lowest BCUT2D eigenvalue weighted by Gasteiger charge is -2.37. The van der Waals surface area contributed by atoms with Crippen molar-refractivity contribution in [2.24, 2.45) is 17.9 Å². The van der Waals surface area contributed by atoms with Gasteiger partial charge in [-0.05, 0) is 105 Å². The second-order valence-corrected chi connectivity index (χ2v) is 19.0. The molecule has 2 amide bonds. The molecule has 0 saturated heterocycles. The van der Waals surface area contributed by atoms with E-state index in [-0.39, 0.29) is 58.3 Å². The largest absolute Gasteiger partial charge is 0.377 e. The summed E-state index contributed by atoms with van der Waals surface area (Å²) >= 11 is 7.97. The van der Waals surface area contributed by atoms with Crippen molar-refractivity contribution in [3.63, 3.8) is 0 Å². The average molecular weight is 1020 g/mol. The van der Waals surface area contributed by atoms with Gasteiger partial charge in [-0.25, -0.2) is 13.6 Å². The molecule has 16 nitrogen and oxygen atoms in total. The molecular weight excluding hydrogens is 958 g/mol. The number of urea groups is 1. The molecule has 2 atom stereocenters. The lowest BCUT2D eigenvalue weighted by Crippen LogP contribution is -2.48. The van der Waals surface area contributed by atoms with Crippen molar-refractivity contribution < 1.29 is 37.3 Å². The number of carbonyl (C=O) groups is 1. The van der Waals surface area contributed by atoms with E-state index in [2.05, 4.69) is 15.4 Å². The molecule has 4 N–H and O–H groups in total. The van der Waals surface area contributed by atoms with Crippen LogP contribution in [0.2, 0.25) is 5.02 Å². The Morgan fingerprint density at radius 1 is 0.972 bits per heavy atom. The Hall–Kier alpha value is -5.69. The molecule has 20 heteroatoms. The summed E-state index contributed by atoms with van der Waals surface area (Å²) in [6.07, 6.45) is 2.66. The van der Waals surface area contributed by atoms with Gasteiger partial charge in [0.2, 0.25) is 0 Å². The van der Waals surface area contributed by atoms with E-state index >= 15 is 0 Å². The van der Waals surface area contributed by atoms with Crippen molar-refractivity contribution in [3.05, 3.63) is 144 Å². The van der Waals surface area contributed by atoms with E-state index in [1.54, 1.807) is 32.2 Å². The van der Waals surface area contributed by atoms with Crippen molar-refractivity contribution in [1.29, 1.82) is 5.26 Å². The molecule has 1 saturated carbocycles. The van der Waals surface area contributed by atoms with E-state index in [0.29, 0.717) is 88.3 Å². The van der Waals surface area contributed by atoms with Gasteiger partial charge in [-0.15, -0.1) is 0 Å². The van der Waals surface area contributed by atoms with Crippen LogP contribution in [0.1, 0.15) is 72.5 Å². The minimum atomic E-state index is -1.03. The normalized spacial score (nSPS) is 18.0. The number of nitrogens with zero attached hydrogens (tertiary/aromatic N) is 5. The van der Waals surface area contributed by atoms with Crippen LogP contribution in [0, 0.1) is 23.0 Å². The smallest absolute Gasteiger partial charge is 0.341 e. The second kappa shape index (κ2) is 25.1. The number of hydrazone groups is 1. The van der Waals surface area contributed by atoms with Crippen LogP contribution in [0.25, 0.3) is 10.9 Å². The number of ether oxygens (including phenoxy) is 5. The highest BCUT2D eigenvalue weighted by Crippen LogP contribution is 2.51. The van der Waals surface area contributed by atoms with Crippen LogP contribution in [0.15, 0.2) is 93.6 Å². The van der Waals surface area contributed by atoms with Crippen LogP contribution >= 0.6 is 23.4 Å². The zero-order valence-electron chi connectivity index (χ0n) is 40.0. The molecule has 2 aliphatic rings. The third-order valence-corrected chi connectivity index (χ3v) is 14.2. The maximum absolute atomic E-state index is 15.0. The number of anilines is 1. The van der Waals surface area contributed by atoms with Crippen LogP contribution in [-0.4, -0.2) is 116 Å². The van der Waals surface area contributed by atoms with E-state index in [9.17, 15) is 28.4 Å². The first-order chi connectivity index (χ1) is 34.3. The molecule has 3 aromatic carbocycles. The van der Waals surface area contributed by atoms with E-state index in [1.807, 2.05) is 48.5 Å². The molecule has 7 rings (SSSR count). The Bertz CT molecular complexity index is 2830. The number of H-pyrrole nitrogens is 1. The number of nitriles is 1. The van der Waals surface area contributed by atoms with Crippen molar-refractivity contribution in [3.8, 4) is 6.07 Å². The van der Waals surface area contributed by atoms with Gasteiger partial charge in [-0.1, -0.05) is 53.7 Å². The quantitative estimate of drug-likeness (QED) is 0.0485. The number of hydrogen-bond acceptors (Lipinski definition) is 13. The number of nitrogens with one attached hydrogen (secondary N) is 2. The molecule has 3 heterocycles. The number of rotatable bonds is 25. The highest BCUT2D eigenvalue weighted by atomic mass is 35.5. The number of aromatic amines is 1. The summed E-state index contributed by atoms with van der Waals surface area (Å²) in [5.41, 5.74) is 8.65. The number of fused-ring (bicyclic) bond motifs is 1. The number of nitrogens with two attached hydrogens (primary N) is 1. The third kappa shape index (κ3) is 13.1. The van der Waals surface area contributed by atoms with Gasteiger partial charge >= 0.3 is 6.03 Å².